The van der Waals surface area contributed by atoms with Gasteiger partial charge in [-0.05, 0) is 49.4 Å². The highest BCUT2D eigenvalue weighted by molar-refractivity contribution is 7.89. The average Bonchev–Trinajstić information content (AvgIpc) is 2.67. The maximum atomic E-state index is 12.2. The molecule has 2 N–H and O–H groups in total. The third kappa shape index (κ3) is 7.72. The van der Waals surface area contributed by atoms with Crippen molar-refractivity contribution in [2.24, 2.45) is 0 Å². The van der Waals surface area contributed by atoms with E-state index in [1.165, 1.54) is 12.1 Å². The van der Waals surface area contributed by atoms with Crippen LogP contribution in [0.4, 0.5) is 5.69 Å². The first kappa shape index (κ1) is 22.7. The Morgan fingerprint density at radius 1 is 1.10 bits per heavy atom. The van der Waals surface area contributed by atoms with E-state index in [-0.39, 0.29) is 17.9 Å². The molecule has 0 aliphatic heterocycles. The van der Waals surface area contributed by atoms with Crippen molar-refractivity contribution in [3.05, 3.63) is 53.6 Å². The van der Waals surface area contributed by atoms with Gasteiger partial charge in [0.2, 0.25) is 10.0 Å². The number of rotatable bonds is 10. The van der Waals surface area contributed by atoms with Gasteiger partial charge in [-0.25, -0.2) is 13.1 Å². The first-order chi connectivity index (χ1) is 13.8. The van der Waals surface area contributed by atoms with E-state index in [1.807, 2.05) is 6.92 Å². The lowest BCUT2D eigenvalue weighted by atomic mass is 10.3. The second kappa shape index (κ2) is 10.8. The molecule has 0 spiro atoms. The lowest BCUT2D eigenvalue weighted by Crippen LogP contribution is -2.28. The molecule has 8 nitrogen and oxygen atoms in total. The summed E-state index contributed by atoms with van der Waals surface area (Å²) in [4.78, 5) is 23.5. The second-order valence-electron chi connectivity index (χ2n) is 5.77. The van der Waals surface area contributed by atoms with Crippen LogP contribution in [0.1, 0.15) is 13.3 Å². The zero-order valence-corrected chi connectivity index (χ0v) is 17.3. The molecular formula is C19H21ClN2O6S. The van der Waals surface area contributed by atoms with Gasteiger partial charge in [-0.2, -0.15) is 0 Å². The summed E-state index contributed by atoms with van der Waals surface area (Å²) in [6, 6.07) is 12.4. The van der Waals surface area contributed by atoms with Crippen LogP contribution in [0.15, 0.2) is 53.4 Å². The lowest BCUT2D eigenvalue weighted by Gasteiger charge is -2.09. The van der Waals surface area contributed by atoms with E-state index in [0.29, 0.717) is 23.1 Å². The van der Waals surface area contributed by atoms with Crippen molar-refractivity contribution in [1.82, 2.24) is 4.72 Å². The van der Waals surface area contributed by atoms with Crippen molar-refractivity contribution in [3.63, 3.8) is 0 Å². The summed E-state index contributed by atoms with van der Waals surface area (Å²) in [5.41, 5.74) is 0.474. The van der Waals surface area contributed by atoms with Gasteiger partial charge in [0, 0.05) is 17.3 Å². The zero-order chi connectivity index (χ0) is 21.3. The van der Waals surface area contributed by atoms with Crippen molar-refractivity contribution >= 4 is 39.2 Å². The molecule has 0 unspecified atom stereocenters. The third-order valence-corrected chi connectivity index (χ3v) is 5.25. The lowest BCUT2D eigenvalue weighted by molar-refractivity contribution is -0.147. The van der Waals surface area contributed by atoms with Crippen LogP contribution in [0.2, 0.25) is 5.02 Å². The third-order valence-electron chi connectivity index (χ3n) is 3.54. The predicted octanol–water partition coefficient (Wildman–Crippen LogP) is 2.59. The zero-order valence-electron chi connectivity index (χ0n) is 15.7. The number of ether oxygens (including phenoxy) is 2. The van der Waals surface area contributed by atoms with E-state index < -0.39 is 28.5 Å². The summed E-state index contributed by atoms with van der Waals surface area (Å²) in [5, 5.41) is 2.99. The molecule has 2 aromatic carbocycles. The standard InChI is InChI=1S/C19H21ClN2O6S/c1-2-27-16-6-8-17(9-7-16)29(25,26)21-11-10-19(24)28-13-18(23)22-15-5-3-4-14(20)12-15/h3-9,12,21H,2,10-11,13H2,1H3,(H,22,23). The molecule has 0 radical (unpaired) electrons. The van der Waals surface area contributed by atoms with Crippen LogP contribution in [-0.2, 0) is 24.3 Å². The smallest absolute Gasteiger partial charge is 0.307 e. The van der Waals surface area contributed by atoms with Crippen LogP contribution in [0, 0.1) is 0 Å². The molecule has 1 amide bonds. The molecule has 0 aliphatic rings. The van der Waals surface area contributed by atoms with Crippen molar-refractivity contribution in [2.45, 2.75) is 18.2 Å². The van der Waals surface area contributed by atoms with Gasteiger partial charge in [-0.3, -0.25) is 9.59 Å². The number of halogens is 1. The SMILES string of the molecule is CCOc1ccc(S(=O)(=O)NCCC(=O)OCC(=O)Nc2cccc(Cl)c2)cc1. The van der Waals surface area contributed by atoms with E-state index >= 15 is 0 Å². The molecular weight excluding hydrogens is 420 g/mol. The Hall–Kier alpha value is -2.62. The number of hydrogen-bond acceptors (Lipinski definition) is 6. The molecule has 2 aromatic rings. The molecule has 2 rings (SSSR count). The quantitative estimate of drug-likeness (QED) is 0.549. The van der Waals surface area contributed by atoms with E-state index in [0.717, 1.165) is 0 Å². The monoisotopic (exact) mass is 440 g/mol. The van der Waals surface area contributed by atoms with Crippen LogP contribution >= 0.6 is 11.6 Å². The minimum Gasteiger partial charge on any atom is -0.494 e. The Balaban J connectivity index is 1.73. The van der Waals surface area contributed by atoms with Crippen molar-refractivity contribution in [1.29, 1.82) is 0 Å². The number of benzene rings is 2. The van der Waals surface area contributed by atoms with Gasteiger partial charge >= 0.3 is 5.97 Å². The molecule has 0 saturated heterocycles. The molecule has 0 atom stereocenters. The van der Waals surface area contributed by atoms with Gasteiger partial charge in [0.25, 0.3) is 5.91 Å². The number of carbonyl (C=O) groups is 2. The highest BCUT2D eigenvalue weighted by atomic mass is 35.5. The summed E-state index contributed by atoms with van der Waals surface area (Å²) in [6.07, 6.45) is -0.222. The van der Waals surface area contributed by atoms with Crippen LogP contribution in [0.5, 0.6) is 5.75 Å². The number of carbonyl (C=O) groups excluding carboxylic acids is 2. The second-order valence-corrected chi connectivity index (χ2v) is 7.97. The Bertz CT molecular complexity index is 947. The Kier molecular flexibility index (Phi) is 8.44. The fourth-order valence-corrected chi connectivity index (χ4v) is 3.46. The minimum atomic E-state index is -3.77. The first-order valence-electron chi connectivity index (χ1n) is 8.73. The van der Waals surface area contributed by atoms with E-state index in [4.69, 9.17) is 21.1 Å². The van der Waals surface area contributed by atoms with Crippen LogP contribution in [0.25, 0.3) is 0 Å². The predicted molar refractivity (Wildman–Crippen MR) is 108 cm³/mol. The van der Waals surface area contributed by atoms with Crippen molar-refractivity contribution in [3.8, 4) is 5.75 Å². The number of nitrogens with one attached hydrogen (secondary N) is 2. The fourth-order valence-electron chi connectivity index (χ4n) is 2.23. The largest absolute Gasteiger partial charge is 0.494 e. The van der Waals surface area contributed by atoms with Crippen molar-refractivity contribution < 1.29 is 27.5 Å². The van der Waals surface area contributed by atoms with Crippen LogP contribution < -0.4 is 14.8 Å². The molecule has 10 heteroatoms. The molecule has 29 heavy (non-hydrogen) atoms. The van der Waals surface area contributed by atoms with Gasteiger partial charge in [0.05, 0.1) is 17.9 Å². The molecule has 0 aliphatic carbocycles. The summed E-state index contributed by atoms with van der Waals surface area (Å²) in [5.74, 6) is -0.678. The van der Waals surface area contributed by atoms with E-state index in [9.17, 15) is 18.0 Å². The number of esters is 1. The Morgan fingerprint density at radius 3 is 2.48 bits per heavy atom. The number of hydrogen-bond donors (Lipinski definition) is 2. The molecule has 0 saturated carbocycles. The normalized spacial score (nSPS) is 11.0. The van der Waals surface area contributed by atoms with Crippen molar-refractivity contribution in [2.75, 3.05) is 25.1 Å². The van der Waals surface area contributed by atoms with E-state index in [1.54, 1.807) is 36.4 Å². The summed E-state index contributed by atoms with van der Waals surface area (Å²) >= 11 is 5.82. The van der Waals surface area contributed by atoms with E-state index in [2.05, 4.69) is 10.0 Å². The number of amides is 1. The van der Waals surface area contributed by atoms with Gasteiger partial charge in [0.15, 0.2) is 6.61 Å². The maximum Gasteiger partial charge on any atom is 0.307 e. The van der Waals surface area contributed by atoms with Gasteiger partial charge in [-0.1, -0.05) is 17.7 Å². The molecule has 0 bridgehead atoms. The fraction of sp³-hybridized carbons (Fsp3) is 0.263. The minimum absolute atomic E-state index is 0.0511. The van der Waals surface area contributed by atoms with Gasteiger partial charge < -0.3 is 14.8 Å². The summed E-state index contributed by atoms with van der Waals surface area (Å²) in [6.45, 7) is 1.65. The average molecular weight is 441 g/mol. The van der Waals surface area contributed by atoms with Crippen LogP contribution in [-0.4, -0.2) is 40.1 Å². The summed E-state index contributed by atoms with van der Waals surface area (Å²) in [7, 11) is -3.77. The Morgan fingerprint density at radius 2 is 1.83 bits per heavy atom. The molecule has 0 aromatic heterocycles. The molecule has 156 valence electrons. The van der Waals surface area contributed by atoms with Gasteiger partial charge in [-0.15, -0.1) is 0 Å². The highest BCUT2D eigenvalue weighted by Crippen LogP contribution is 2.16. The highest BCUT2D eigenvalue weighted by Gasteiger charge is 2.15. The molecule has 0 fully saturated rings. The summed E-state index contributed by atoms with van der Waals surface area (Å²) < 4.78 is 36.8. The number of sulfonamides is 1. The topological polar surface area (TPSA) is 111 Å². The molecule has 0 heterocycles. The maximum absolute atomic E-state index is 12.2. The van der Waals surface area contributed by atoms with Gasteiger partial charge in [0.1, 0.15) is 5.75 Å². The Labute approximate surface area is 174 Å². The number of anilines is 1. The van der Waals surface area contributed by atoms with Crippen LogP contribution in [0.3, 0.4) is 0 Å². The first-order valence-corrected chi connectivity index (χ1v) is 10.6.